The van der Waals surface area contributed by atoms with Crippen molar-refractivity contribution < 1.29 is 22.7 Å². The first-order chi connectivity index (χ1) is 24.9. The number of carbonyl (C=O) groups excluding carboxylic acids is 1. The molecule has 0 aliphatic rings. The van der Waals surface area contributed by atoms with E-state index in [0.29, 0.717) is 11.0 Å². The Morgan fingerprint density at radius 2 is 1.13 bits per heavy atom. The van der Waals surface area contributed by atoms with Crippen LogP contribution < -0.4 is 9.47 Å². The van der Waals surface area contributed by atoms with Gasteiger partial charge in [-0.15, -0.1) is 0 Å². The van der Waals surface area contributed by atoms with Crippen molar-refractivity contribution in [2.45, 2.75) is 74.7 Å². The van der Waals surface area contributed by atoms with Crippen LogP contribution in [-0.4, -0.2) is 45.0 Å². The number of unbranched alkanes of at least 4 members (excludes halogenated alkanes) is 1. The highest BCUT2D eigenvalue weighted by Gasteiger charge is 2.19. The zero-order chi connectivity index (χ0) is 37.7. The number of thioether (sulfide) groups is 3. The predicted molar refractivity (Wildman–Crippen MR) is 225 cm³/mol. The molecule has 4 aromatic carbocycles. The summed E-state index contributed by atoms with van der Waals surface area (Å²) < 4.78 is 38.6. The number of hydrogen-bond donors (Lipinski definition) is 0. The molecule has 9 heteroatoms. The van der Waals surface area contributed by atoms with Crippen molar-refractivity contribution in [3.63, 3.8) is 0 Å². The largest absolute Gasteiger partial charge is 0.496 e. The Labute approximate surface area is 324 Å². The first-order valence-electron chi connectivity index (χ1n) is 17.7. The molecule has 0 saturated heterocycles. The molecule has 0 fully saturated rings. The highest BCUT2D eigenvalue weighted by Crippen LogP contribution is 2.34. The molecule has 0 aromatic heterocycles. The summed E-state index contributed by atoms with van der Waals surface area (Å²) in [6.07, 6.45) is 4.34. The van der Waals surface area contributed by atoms with Crippen molar-refractivity contribution in [3.05, 3.63) is 108 Å². The Morgan fingerprint density at radius 3 is 1.58 bits per heavy atom. The molecule has 0 N–H and O–H groups in total. The van der Waals surface area contributed by atoms with Gasteiger partial charge in [-0.1, -0.05) is 81.9 Å². The third-order valence-electron chi connectivity index (χ3n) is 9.22. The van der Waals surface area contributed by atoms with Crippen molar-refractivity contribution in [1.29, 1.82) is 0 Å². The van der Waals surface area contributed by atoms with Gasteiger partial charge in [0.25, 0.3) is 0 Å². The van der Waals surface area contributed by atoms with Crippen LogP contribution in [0, 0.1) is 5.41 Å². The van der Waals surface area contributed by atoms with E-state index < -0.39 is 9.84 Å². The smallest absolute Gasteiger partial charge is 0.214 e. The highest BCUT2D eigenvalue weighted by molar-refractivity contribution is 8.14. The van der Waals surface area contributed by atoms with Crippen LogP contribution >= 0.6 is 35.3 Å². The van der Waals surface area contributed by atoms with Crippen molar-refractivity contribution in [2.24, 2.45) is 5.41 Å². The van der Waals surface area contributed by atoms with E-state index in [0.717, 1.165) is 92.9 Å². The van der Waals surface area contributed by atoms with E-state index in [4.69, 9.17) is 9.47 Å². The lowest BCUT2D eigenvalue weighted by molar-refractivity contribution is -0.107. The molecule has 278 valence electrons. The molecule has 0 unspecified atom stereocenters. The van der Waals surface area contributed by atoms with Gasteiger partial charge < -0.3 is 9.47 Å². The molecule has 0 heterocycles. The fourth-order valence-electron chi connectivity index (χ4n) is 5.41. The molecule has 4 aromatic rings. The summed E-state index contributed by atoms with van der Waals surface area (Å²) in [7, 11) is -0.329. The first kappa shape index (κ1) is 41.6. The summed E-state index contributed by atoms with van der Waals surface area (Å²) >= 11 is 5.10. The summed E-state index contributed by atoms with van der Waals surface area (Å²) in [5, 5.41) is 0.0694. The van der Waals surface area contributed by atoms with Gasteiger partial charge in [0.1, 0.15) is 11.5 Å². The summed E-state index contributed by atoms with van der Waals surface area (Å²) in [4.78, 5) is 12.2. The van der Waals surface area contributed by atoms with Crippen molar-refractivity contribution in [2.75, 3.05) is 31.5 Å². The Bertz CT molecular complexity index is 1900. The highest BCUT2D eigenvalue weighted by atomic mass is 32.2. The number of ether oxygens (including phenoxy) is 2. The molecule has 0 atom stereocenters. The van der Waals surface area contributed by atoms with E-state index in [9.17, 15) is 13.2 Å². The number of carbonyl (C=O) groups is 1. The molecule has 0 aliphatic heterocycles. The SMILES string of the molecule is C=C(C)C(=O)SCCCCSCc1cc(-c2ccc(S(=O)(=O)c3ccc(-c4ccc(OC)c(CSCCC(C)(C)CC)c4)cc3)cc2)ccc1OC. The Kier molecular flexibility index (Phi) is 15.9. The molecular formula is C43H52O5S4. The normalized spacial score (nSPS) is 11.7. The molecular weight excluding hydrogens is 725 g/mol. The lowest BCUT2D eigenvalue weighted by atomic mass is 9.87. The second kappa shape index (κ2) is 19.8. The number of sulfone groups is 1. The third kappa shape index (κ3) is 11.7. The lowest BCUT2D eigenvalue weighted by Gasteiger charge is -2.22. The van der Waals surface area contributed by atoms with Crippen LogP contribution in [0.25, 0.3) is 22.3 Å². The van der Waals surface area contributed by atoms with Gasteiger partial charge in [-0.3, -0.25) is 4.79 Å². The van der Waals surface area contributed by atoms with Gasteiger partial charge in [0, 0.05) is 28.4 Å². The van der Waals surface area contributed by atoms with Crippen molar-refractivity contribution in [3.8, 4) is 33.8 Å². The minimum Gasteiger partial charge on any atom is -0.496 e. The van der Waals surface area contributed by atoms with E-state index in [1.807, 2.05) is 72.1 Å². The molecule has 0 amide bonds. The van der Waals surface area contributed by atoms with Crippen LogP contribution in [-0.2, 0) is 26.1 Å². The van der Waals surface area contributed by atoms with Crippen LogP contribution in [0.3, 0.4) is 0 Å². The zero-order valence-corrected chi connectivity index (χ0v) is 34.6. The van der Waals surface area contributed by atoms with Gasteiger partial charge in [0.15, 0.2) is 0 Å². The maximum absolute atomic E-state index is 13.7. The van der Waals surface area contributed by atoms with Gasteiger partial charge in [-0.2, -0.15) is 23.5 Å². The van der Waals surface area contributed by atoms with Gasteiger partial charge in [0.05, 0.1) is 24.0 Å². The predicted octanol–water partition coefficient (Wildman–Crippen LogP) is 11.8. The molecule has 0 bridgehead atoms. The third-order valence-corrected chi connectivity index (χ3v) is 14.2. The van der Waals surface area contributed by atoms with E-state index in [1.54, 1.807) is 45.4 Å². The Balaban J connectivity index is 1.40. The number of hydrogen-bond acceptors (Lipinski definition) is 8. The molecule has 0 saturated carbocycles. The standard InChI is InChI=1S/C43H52O5S4/c1-8-43(4,5)23-26-50-30-37-28-35(16-22-41(37)48-7)33-13-19-39(20-14-33)52(45,46)38-17-11-32(12-18-38)34-15-21-40(47-6)36(27-34)29-49-24-9-10-25-51-42(44)31(2)3/h11-22,27-28H,2,8-10,23-26,29-30H2,1,3-7H3. The van der Waals surface area contributed by atoms with E-state index in [-0.39, 0.29) is 14.9 Å². The van der Waals surface area contributed by atoms with Crippen LogP contribution in [0.15, 0.2) is 107 Å². The average Bonchev–Trinajstić information content (AvgIpc) is 3.16. The second-order valence-electron chi connectivity index (χ2n) is 13.6. The molecule has 0 spiro atoms. The zero-order valence-electron chi connectivity index (χ0n) is 31.3. The van der Waals surface area contributed by atoms with E-state index in [1.165, 1.54) is 18.2 Å². The monoisotopic (exact) mass is 776 g/mol. The minimum atomic E-state index is -3.71. The molecule has 52 heavy (non-hydrogen) atoms. The first-order valence-corrected chi connectivity index (χ1v) is 22.4. The van der Waals surface area contributed by atoms with Crippen molar-refractivity contribution >= 4 is 50.2 Å². The van der Waals surface area contributed by atoms with Crippen molar-refractivity contribution in [1.82, 2.24) is 0 Å². The van der Waals surface area contributed by atoms with Crippen LogP contribution in [0.1, 0.15) is 64.5 Å². The van der Waals surface area contributed by atoms with Crippen LogP contribution in [0.2, 0.25) is 0 Å². The quantitative estimate of drug-likeness (QED) is 0.0649. The van der Waals surface area contributed by atoms with Gasteiger partial charge >= 0.3 is 0 Å². The molecule has 5 nitrogen and oxygen atoms in total. The van der Waals surface area contributed by atoms with E-state index >= 15 is 0 Å². The van der Waals surface area contributed by atoms with Crippen LogP contribution in [0.5, 0.6) is 11.5 Å². The molecule has 4 rings (SSSR count). The number of benzene rings is 4. The maximum atomic E-state index is 13.7. The molecule has 0 aliphatic carbocycles. The average molecular weight is 777 g/mol. The van der Waals surface area contributed by atoms with Gasteiger partial charge in [-0.05, 0) is 119 Å². The minimum absolute atomic E-state index is 0.0694. The lowest BCUT2D eigenvalue weighted by Crippen LogP contribution is -2.10. The Morgan fingerprint density at radius 1 is 0.692 bits per heavy atom. The topological polar surface area (TPSA) is 69.7 Å². The molecule has 0 radical (unpaired) electrons. The summed E-state index contributed by atoms with van der Waals surface area (Å²) in [5.41, 5.74) is 7.09. The number of methoxy groups -OCH3 is 2. The second-order valence-corrected chi connectivity index (χ2v) is 18.8. The summed E-state index contributed by atoms with van der Waals surface area (Å²) in [6, 6.07) is 26.5. The maximum Gasteiger partial charge on any atom is 0.214 e. The fourth-order valence-corrected chi connectivity index (χ4v) is 9.74. The van der Waals surface area contributed by atoms with Gasteiger partial charge in [0.2, 0.25) is 15.0 Å². The summed E-state index contributed by atoms with van der Waals surface area (Å²) in [5.74, 6) is 6.24. The number of rotatable bonds is 20. The summed E-state index contributed by atoms with van der Waals surface area (Å²) in [6.45, 7) is 12.3. The van der Waals surface area contributed by atoms with Gasteiger partial charge in [-0.25, -0.2) is 8.42 Å². The fraction of sp³-hybridized carbons (Fsp3) is 0.372. The van der Waals surface area contributed by atoms with E-state index in [2.05, 4.69) is 39.5 Å². The Hall–Kier alpha value is -3.11. The van der Waals surface area contributed by atoms with Crippen LogP contribution in [0.4, 0.5) is 0 Å².